The maximum Gasteiger partial charge on any atom is 0.310 e. The van der Waals surface area contributed by atoms with Crippen LogP contribution in [0, 0.1) is 30.6 Å². The fourth-order valence-electron chi connectivity index (χ4n) is 4.96. The van der Waals surface area contributed by atoms with Crippen LogP contribution < -0.4 is 5.32 Å². The highest BCUT2D eigenvalue weighted by Gasteiger charge is 2.54. The summed E-state index contributed by atoms with van der Waals surface area (Å²) in [6, 6.07) is 16.6. The highest BCUT2D eigenvalue weighted by Crippen LogP contribution is 2.53. The fraction of sp³-hybridized carbons (Fsp3) is 0.375. The van der Waals surface area contributed by atoms with E-state index >= 15 is 0 Å². The molecule has 0 aliphatic heterocycles. The number of nitrogens with one attached hydrogen (secondary N) is 1. The standard InChI is InChI=1S/C24H25NO4/c1-15-6-5-9-19(12-15)25-20(26)14-29-24(28)22-18-11-10-17(13-18)21(22)23(27)16-7-3-2-4-8-16/h2-9,12,17-18,21-22H,10-11,13-14H2,1H3,(H,25,26)/t17-,18-,21-,22+/m0/s1. The summed E-state index contributed by atoms with van der Waals surface area (Å²) in [4.78, 5) is 38.1. The maximum atomic E-state index is 13.1. The van der Waals surface area contributed by atoms with Crippen LogP contribution in [0.5, 0.6) is 0 Å². The third kappa shape index (κ3) is 4.09. The quantitative estimate of drug-likeness (QED) is 0.596. The molecule has 1 N–H and O–H groups in total. The summed E-state index contributed by atoms with van der Waals surface area (Å²) in [7, 11) is 0. The number of hydrogen-bond acceptors (Lipinski definition) is 4. The molecule has 2 aromatic rings. The van der Waals surface area contributed by atoms with Gasteiger partial charge in [0.05, 0.1) is 5.92 Å². The number of Topliss-reactive ketones (excluding diaryl/α,β-unsaturated/α-hetero) is 1. The van der Waals surface area contributed by atoms with Crippen LogP contribution in [-0.4, -0.2) is 24.3 Å². The largest absolute Gasteiger partial charge is 0.455 e. The van der Waals surface area contributed by atoms with Crippen LogP contribution in [0.2, 0.25) is 0 Å². The molecule has 0 spiro atoms. The Labute approximate surface area is 170 Å². The van der Waals surface area contributed by atoms with Gasteiger partial charge in [-0.2, -0.15) is 0 Å². The SMILES string of the molecule is Cc1cccc(NC(=O)COC(=O)[C@@H]2[C@H]3CC[C@@H](C3)[C@@H]2C(=O)c2ccccc2)c1. The molecule has 0 radical (unpaired) electrons. The molecule has 2 bridgehead atoms. The summed E-state index contributed by atoms with van der Waals surface area (Å²) in [5.41, 5.74) is 2.34. The molecule has 0 saturated heterocycles. The van der Waals surface area contributed by atoms with Crippen molar-refractivity contribution in [1.82, 2.24) is 0 Å². The number of anilines is 1. The van der Waals surface area contributed by atoms with Gasteiger partial charge in [-0.25, -0.2) is 0 Å². The highest BCUT2D eigenvalue weighted by molar-refractivity contribution is 6.01. The Kier molecular flexibility index (Phi) is 5.47. The van der Waals surface area contributed by atoms with Crippen molar-refractivity contribution in [3.05, 3.63) is 65.7 Å². The minimum absolute atomic E-state index is 0.0176. The molecule has 4 atom stereocenters. The molecule has 5 heteroatoms. The Morgan fingerprint density at radius 3 is 2.41 bits per heavy atom. The van der Waals surface area contributed by atoms with Gasteiger partial charge in [0, 0.05) is 17.2 Å². The van der Waals surface area contributed by atoms with Crippen molar-refractivity contribution in [2.75, 3.05) is 11.9 Å². The minimum Gasteiger partial charge on any atom is -0.455 e. The van der Waals surface area contributed by atoms with E-state index in [0.29, 0.717) is 11.3 Å². The Bertz CT molecular complexity index is 923. The van der Waals surface area contributed by atoms with Crippen LogP contribution in [0.15, 0.2) is 54.6 Å². The van der Waals surface area contributed by atoms with Gasteiger partial charge in [0.1, 0.15) is 0 Å². The molecule has 0 heterocycles. The lowest BCUT2D eigenvalue weighted by Gasteiger charge is -2.28. The van der Waals surface area contributed by atoms with Crippen LogP contribution in [0.25, 0.3) is 0 Å². The number of carbonyl (C=O) groups is 3. The Morgan fingerprint density at radius 2 is 1.69 bits per heavy atom. The second kappa shape index (κ2) is 8.19. The summed E-state index contributed by atoms with van der Waals surface area (Å²) >= 11 is 0. The second-order valence-corrected chi connectivity index (χ2v) is 8.14. The lowest BCUT2D eigenvalue weighted by atomic mass is 9.75. The molecule has 2 fully saturated rings. The monoisotopic (exact) mass is 391 g/mol. The van der Waals surface area contributed by atoms with Gasteiger partial charge in [0.2, 0.25) is 0 Å². The number of ketones is 1. The predicted octanol–water partition coefficient (Wildman–Crippen LogP) is 4.02. The van der Waals surface area contributed by atoms with Crippen LogP contribution in [-0.2, 0) is 14.3 Å². The first-order valence-electron chi connectivity index (χ1n) is 10.2. The molecule has 4 rings (SSSR count). The number of ether oxygens (including phenoxy) is 1. The van der Waals surface area contributed by atoms with Crippen molar-refractivity contribution in [1.29, 1.82) is 0 Å². The zero-order valence-electron chi connectivity index (χ0n) is 16.5. The molecule has 2 aliphatic carbocycles. The van der Waals surface area contributed by atoms with Crippen LogP contribution in [0.3, 0.4) is 0 Å². The summed E-state index contributed by atoms with van der Waals surface area (Å²) in [6.07, 6.45) is 2.81. The maximum absolute atomic E-state index is 13.1. The first kappa shape index (κ1) is 19.4. The van der Waals surface area contributed by atoms with E-state index < -0.39 is 11.9 Å². The molecule has 5 nitrogen and oxygen atoms in total. The molecule has 150 valence electrons. The van der Waals surface area contributed by atoms with E-state index in [1.54, 1.807) is 18.2 Å². The average molecular weight is 391 g/mol. The summed E-state index contributed by atoms with van der Waals surface area (Å²) < 4.78 is 5.36. The fourth-order valence-corrected chi connectivity index (χ4v) is 4.96. The van der Waals surface area contributed by atoms with Gasteiger partial charge in [0.15, 0.2) is 12.4 Å². The van der Waals surface area contributed by atoms with Gasteiger partial charge in [0.25, 0.3) is 5.91 Å². The molecule has 2 saturated carbocycles. The number of aryl methyl sites for hydroxylation is 1. The number of rotatable bonds is 6. The summed E-state index contributed by atoms with van der Waals surface area (Å²) in [5, 5.41) is 2.74. The van der Waals surface area contributed by atoms with Crippen molar-refractivity contribution in [2.24, 2.45) is 23.7 Å². The van der Waals surface area contributed by atoms with Crippen molar-refractivity contribution < 1.29 is 19.1 Å². The first-order chi connectivity index (χ1) is 14.0. The molecular formula is C24H25NO4. The highest BCUT2D eigenvalue weighted by atomic mass is 16.5. The summed E-state index contributed by atoms with van der Waals surface area (Å²) in [6.45, 7) is 1.60. The van der Waals surface area contributed by atoms with Crippen molar-refractivity contribution in [3.8, 4) is 0 Å². The zero-order chi connectivity index (χ0) is 20.4. The van der Waals surface area contributed by atoms with E-state index in [1.807, 2.05) is 43.3 Å². The first-order valence-corrected chi connectivity index (χ1v) is 10.2. The Morgan fingerprint density at radius 1 is 0.966 bits per heavy atom. The lowest BCUT2D eigenvalue weighted by Crippen LogP contribution is -2.37. The smallest absolute Gasteiger partial charge is 0.310 e. The molecular weight excluding hydrogens is 366 g/mol. The number of hydrogen-bond donors (Lipinski definition) is 1. The van der Waals surface area contributed by atoms with E-state index in [-0.39, 0.29) is 36.1 Å². The number of amides is 1. The van der Waals surface area contributed by atoms with E-state index in [9.17, 15) is 14.4 Å². The predicted molar refractivity (Wildman–Crippen MR) is 109 cm³/mol. The number of esters is 1. The summed E-state index contributed by atoms with van der Waals surface area (Å²) in [5.74, 6) is -1.18. The van der Waals surface area contributed by atoms with Gasteiger partial charge < -0.3 is 10.1 Å². The topological polar surface area (TPSA) is 72.5 Å². The third-order valence-electron chi connectivity index (χ3n) is 6.20. The van der Waals surface area contributed by atoms with Gasteiger partial charge in [-0.05, 0) is 55.7 Å². The minimum atomic E-state index is -0.451. The molecule has 2 aromatic carbocycles. The molecule has 0 unspecified atom stereocenters. The Balaban J connectivity index is 1.40. The average Bonchev–Trinajstić information content (AvgIpc) is 3.34. The lowest BCUT2D eigenvalue weighted by molar-refractivity contribution is -0.154. The van der Waals surface area contributed by atoms with Gasteiger partial charge in [-0.15, -0.1) is 0 Å². The van der Waals surface area contributed by atoms with Gasteiger partial charge in [-0.3, -0.25) is 14.4 Å². The van der Waals surface area contributed by atoms with E-state index in [2.05, 4.69) is 5.32 Å². The van der Waals surface area contributed by atoms with Gasteiger partial charge >= 0.3 is 5.97 Å². The van der Waals surface area contributed by atoms with Crippen LogP contribution in [0.4, 0.5) is 5.69 Å². The van der Waals surface area contributed by atoms with Crippen molar-refractivity contribution in [2.45, 2.75) is 26.2 Å². The number of fused-ring (bicyclic) bond motifs is 2. The van der Waals surface area contributed by atoms with Crippen LogP contribution >= 0.6 is 0 Å². The van der Waals surface area contributed by atoms with E-state index in [1.165, 1.54) is 0 Å². The molecule has 2 aliphatic rings. The normalized spacial score (nSPS) is 24.9. The van der Waals surface area contributed by atoms with Crippen molar-refractivity contribution in [3.63, 3.8) is 0 Å². The third-order valence-corrected chi connectivity index (χ3v) is 6.20. The Hall–Kier alpha value is -2.95. The number of carbonyl (C=O) groups excluding carboxylic acids is 3. The van der Waals surface area contributed by atoms with E-state index in [0.717, 1.165) is 24.8 Å². The van der Waals surface area contributed by atoms with Crippen molar-refractivity contribution >= 4 is 23.3 Å². The zero-order valence-corrected chi connectivity index (χ0v) is 16.5. The molecule has 29 heavy (non-hydrogen) atoms. The molecule has 1 amide bonds. The van der Waals surface area contributed by atoms with E-state index in [4.69, 9.17) is 4.74 Å². The van der Waals surface area contributed by atoms with Gasteiger partial charge in [-0.1, -0.05) is 42.5 Å². The van der Waals surface area contributed by atoms with Crippen LogP contribution in [0.1, 0.15) is 35.2 Å². The molecule has 0 aromatic heterocycles. The second-order valence-electron chi connectivity index (χ2n) is 8.14. The number of benzene rings is 2.